The van der Waals surface area contributed by atoms with Gasteiger partial charge >= 0.3 is 0 Å². The lowest BCUT2D eigenvalue weighted by Gasteiger charge is -2.30. The number of carbonyl (C=O) groups is 1. The summed E-state index contributed by atoms with van der Waals surface area (Å²) in [5, 5.41) is 2.91. The second kappa shape index (κ2) is 5.87. The predicted octanol–water partition coefficient (Wildman–Crippen LogP) is 2.66. The van der Waals surface area contributed by atoms with Crippen molar-refractivity contribution in [2.24, 2.45) is 0 Å². The second-order valence-electron chi connectivity index (χ2n) is 5.34. The van der Waals surface area contributed by atoms with Gasteiger partial charge in [-0.3, -0.25) is 4.79 Å². The van der Waals surface area contributed by atoms with Gasteiger partial charge in [0.05, 0.1) is 17.9 Å². The van der Waals surface area contributed by atoms with Gasteiger partial charge in [0.2, 0.25) is 5.91 Å². The summed E-state index contributed by atoms with van der Waals surface area (Å²) in [5.74, 6) is 0.0534. The average molecular weight is 281 g/mol. The van der Waals surface area contributed by atoms with Crippen molar-refractivity contribution in [3.8, 4) is 0 Å². The molecule has 0 radical (unpaired) electrons. The molecular weight excluding hydrogens is 262 g/mol. The third kappa shape index (κ3) is 3.16. The molecule has 0 aromatic heterocycles. The Kier molecular flexibility index (Phi) is 3.77. The number of hydrogen-bond donors (Lipinski definition) is 2. The summed E-state index contributed by atoms with van der Waals surface area (Å²) in [6.45, 7) is 1.28. The number of aryl methyl sites for hydroxylation is 1. The zero-order valence-electron chi connectivity index (χ0n) is 11.9. The van der Waals surface area contributed by atoms with Crippen LogP contribution in [-0.2, 0) is 11.2 Å². The van der Waals surface area contributed by atoms with E-state index in [2.05, 4.69) is 22.3 Å². The summed E-state index contributed by atoms with van der Waals surface area (Å²) in [4.78, 5) is 13.9. The number of nitrogen functional groups attached to an aromatic ring is 1. The highest BCUT2D eigenvalue weighted by atomic mass is 16.2. The largest absolute Gasteiger partial charge is 0.399 e. The molecule has 2 aromatic carbocycles. The van der Waals surface area contributed by atoms with Gasteiger partial charge in [-0.05, 0) is 42.7 Å². The van der Waals surface area contributed by atoms with Crippen molar-refractivity contribution in [3.05, 3.63) is 54.1 Å². The van der Waals surface area contributed by atoms with Crippen molar-refractivity contribution in [1.82, 2.24) is 0 Å². The van der Waals surface area contributed by atoms with Crippen LogP contribution >= 0.6 is 0 Å². The number of carbonyl (C=O) groups excluding carboxylic acids is 1. The van der Waals surface area contributed by atoms with E-state index in [-0.39, 0.29) is 5.91 Å². The van der Waals surface area contributed by atoms with Crippen LogP contribution in [0.15, 0.2) is 48.5 Å². The van der Waals surface area contributed by atoms with E-state index >= 15 is 0 Å². The minimum absolute atomic E-state index is 0.0534. The summed E-state index contributed by atoms with van der Waals surface area (Å²) in [6.07, 6.45) is 1.95. The quantitative estimate of drug-likeness (QED) is 0.847. The number of nitrogens with two attached hydrogens (primary N) is 1. The Bertz CT molecular complexity index is 654. The molecular formula is C17H19N3O. The lowest BCUT2D eigenvalue weighted by molar-refractivity contribution is -0.115. The maximum absolute atomic E-state index is 11.7. The summed E-state index contributed by atoms with van der Waals surface area (Å²) >= 11 is 0. The summed E-state index contributed by atoms with van der Waals surface area (Å²) in [5.41, 5.74) is 9.84. The van der Waals surface area contributed by atoms with Crippen LogP contribution in [0.4, 0.5) is 17.1 Å². The molecule has 0 fully saturated rings. The fraction of sp³-hybridized carbons (Fsp3) is 0.235. The second-order valence-corrected chi connectivity index (χ2v) is 5.34. The van der Waals surface area contributed by atoms with E-state index in [4.69, 9.17) is 5.73 Å². The molecule has 108 valence electrons. The van der Waals surface area contributed by atoms with Gasteiger partial charge in [0.15, 0.2) is 0 Å². The number of amides is 1. The summed E-state index contributed by atoms with van der Waals surface area (Å²) in [6, 6.07) is 15.9. The Morgan fingerprint density at radius 3 is 2.86 bits per heavy atom. The Labute approximate surface area is 124 Å². The Morgan fingerprint density at radius 1 is 1.14 bits per heavy atom. The Balaban J connectivity index is 1.64. The first-order valence-electron chi connectivity index (χ1n) is 7.20. The van der Waals surface area contributed by atoms with Crippen LogP contribution in [0.3, 0.4) is 0 Å². The number of anilines is 3. The first-order chi connectivity index (χ1) is 10.2. The summed E-state index contributed by atoms with van der Waals surface area (Å²) in [7, 11) is 0. The van der Waals surface area contributed by atoms with E-state index in [0.29, 0.717) is 6.54 Å². The maximum atomic E-state index is 11.7. The molecule has 0 saturated heterocycles. The highest BCUT2D eigenvalue weighted by molar-refractivity contribution is 6.01. The van der Waals surface area contributed by atoms with E-state index < -0.39 is 0 Å². The minimum Gasteiger partial charge on any atom is -0.399 e. The van der Waals surface area contributed by atoms with Crippen LogP contribution in [0.25, 0.3) is 0 Å². The molecule has 1 aliphatic heterocycles. The maximum Gasteiger partial charge on any atom is 0.243 e. The van der Waals surface area contributed by atoms with Gasteiger partial charge in [0.25, 0.3) is 0 Å². The third-order valence-corrected chi connectivity index (χ3v) is 3.70. The zero-order valence-corrected chi connectivity index (χ0v) is 11.9. The van der Waals surface area contributed by atoms with Crippen LogP contribution < -0.4 is 16.0 Å². The van der Waals surface area contributed by atoms with Crippen molar-refractivity contribution in [3.63, 3.8) is 0 Å². The first-order valence-corrected chi connectivity index (χ1v) is 7.20. The average Bonchev–Trinajstić information content (AvgIpc) is 2.47. The molecule has 0 bridgehead atoms. The van der Waals surface area contributed by atoms with E-state index in [1.54, 1.807) is 0 Å². The van der Waals surface area contributed by atoms with Crippen molar-refractivity contribution in [2.45, 2.75) is 12.8 Å². The number of nitrogens with one attached hydrogen (secondary N) is 1. The van der Waals surface area contributed by atoms with Crippen LogP contribution in [0.2, 0.25) is 0 Å². The van der Waals surface area contributed by atoms with Gasteiger partial charge in [-0.2, -0.15) is 0 Å². The Morgan fingerprint density at radius 2 is 2.00 bits per heavy atom. The van der Waals surface area contributed by atoms with Crippen molar-refractivity contribution in [2.75, 3.05) is 29.0 Å². The van der Waals surface area contributed by atoms with Crippen LogP contribution in [0, 0.1) is 0 Å². The molecule has 3 rings (SSSR count). The fourth-order valence-electron chi connectivity index (χ4n) is 2.73. The molecule has 0 saturated carbocycles. The molecule has 0 unspecified atom stereocenters. The van der Waals surface area contributed by atoms with Crippen molar-refractivity contribution < 1.29 is 4.79 Å². The number of benzene rings is 2. The van der Waals surface area contributed by atoms with Crippen LogP contribution in [-0.4, -0.2) is 19.0 Å². The lowest BCUT2D eigenvalue weighted by atomic mass is 10.1. The predicted molar refractivity (Wildman–Crippen MR) is 86.5 cm³/mol. The van der Waals surface area contributed by atoms with Gasteiger partial charge in [0, 0.05) is 12.2 Å². The van der Waals surface area contributed by atoms with E-state index in [9.17, 15) is 4.79 Å². The first kappa shape index (κ1) is 13.5. The topological polar surface area (TPSA) is 58.4 Å². The molecule has 21 heavy (non-hydrogen) atoms. The molecule has 0 atom stereocenters. The number of hydrogen-bond acceptors (Lipinski definition) is 3. The molecule has 0 spiro atoms. The van der Waals surface area contributed by atoms with Crippen molar-refractivity contribution in [1.29, 1.82) is 0 Å². The van der Waals surface area contributed by atoms with E-state index in [0.717, 1.165) is 36.4 Å². The Hall–Kier alpha value is -2.49. The normalized spacial score (nSPS) is 13.7. The smallest absolute Gasteiger partial charge is 0.243 e. The van der Waals surface area contributed by atoms with Gasteiger partial charge in [-0.15, -0.1) is 0 Å². The number of para-hydroxylation sites is 2. The monoisotopic (exact) mass is 281 g/mol. The van der Waals surface area contributed by atoms with Crippen molar-refractivity contribution >= 4 is 23.0 Å². The highest BCUT2D eigenvalue weighted by Crippen LogP contribution is 2.28. The molecule has 3 N–H and O–H groups in total. The minimum atomic E-state index is 0.0534. The zero-order chi connectivity index (χ0) is 14.7. The fourth-order valence-corrected chi connectivity index (χ4v) is 2.73. The van der Waals surface area contributed by atoms with E-state index in [1.165, 1.54) is 5.56 Å². The molecule has 1 heterocycles. The van der Waals surface area contributed by atoms with Gasteiger partial charge in [-0.1, -0.05) is 24.3 Å². The van der Waals surface area contributed by atoms with Gasteiger partial charge in [-0.25, -0.2) is 0 Å². The van der Waals surface area contributed by atoms with Crippen LogP contribution in [0.1, 0.15) is 12.0 Å². The van der Waals surface area contributed by atoms with Gasteiger partial charge in [0.1, 0.15) is 0 Å². The molecule has 2 aromatic rings. The third-order valence-electron chi connectivity index (χ3n) is 3.70. The molecule has 0 aliphatic carbocycles. The molecule has 1 amide bonds. The molecule has 4 nitrogen and oxygen atoms in total. The highest BCUT2D eigenvalue weighted by Gasteiger charge is 2.20. The summed E-state index contributed by atoms with van der Waals surface area (Å²) < 4.78 is 0. The number of nitrogens with zero attached hydrogens (tertiary/aromatic N) is 1. The van der Waals surface area contributed by atoms with E-state index in [1.807, 2.05) is 36.4 Å². The number of rotatable bonds is 4. The molecule has 1 aliphatic rings. The van der Waals surface area contributed by atoms with Gasteiger partial charge < -0.3 is 16.0 Å². The van der Waals surface area contributed by atoms with Crippen LogP contribution in [0.5, 0.6) is 0 Å². The molecule has 4 heteroatoms. The lowest BCUT2D eigenvalue weighted by Crippen LogP contribution is -2.38. The standard InChI is InChI=1S/C17H19N3O/c18-14-7-3-5-13(11-14)6-4-10-20-12-17(21)19-15-8-1-2-9-16(15)20/h1-3,5,7-9,11H,4,6,10,12,18H2,(H,19,21). The SMILES string of the molecule is Nc1cccc(CCCN2CC(=O)Nc3ccccc32)c1. The number of fused-ring (bicyclic) bond motifs is 1.